The molecule has 3 N–H and O–H groups in total. The van der Waals surface area contributed by atoms with Crippen LogP contribution in [-0.2, 0) is 9.59 Å². The quantitative estimate of drug-likeness (QED) is 0.305. The highest BCUT2D eigenvalue weighted by molar-refractivity contribution is 5.88. The maximum absolute atomic E-state index is 14.4. The number of nitrogens with one attached hydrogen (secondary N) is 1. The Hall–Kier alpha value is -1.10. The lowest BCUT2D eigenvalue weighted by Gasteiger charge is -2.73. The van der Waals surface area contributed by atoms with E-state index in [1.165, 1.54) is 25.7 Å². The molecule has 11 atom stereocenters. The Balaban J connectivity index is 1.50. The summed E-state index contributed by atoms with van der Waals surface area (Å²) >= 11 is 0. The second kappa shape index (κ2) is 10.2. The van der Waals surface area contributed by atoms with Gasteiger partial charge in [-0.15, -0.1) is 0 Å². The number of carbonyl (C=O) groups is 2. The maximum Gasteiger partial charge on any atom is 0.326 e. The van der Waals surface area contributed by atoms with Gasteiger partial charge in [0.25, 0.3) is 0 Å². The van der Waals surface area contributed by atoms with Crippen molar-refractivity contribution in [2.75, 3.05) is 0 Å². The van der Waals surface area contributed by atoms with Crippen LogP contribution in [0.5, 0.6) is 0 Å². The Morgan fingerprint density at radius 3 is 2.10 bits per heavy atom. The van der Waals surface area contributed by atoms with Gasteiger partial charge in [0, 0.05) is 0 Å². The number of carbonyl (C=O) groups excluding carboxylic acids is 1. The summed E-state index contributed by atoms with van der Waals surface area (Å²) in [5.74, 6) is 2.38. The molecule has 41 heavy (non-hydrogen) atoms. The molecule has 5 nitrogen and oxygen atoms in total. The summed E-state index contributed by atoms with van der Waals surface area (Å²) < 4.78 is 0. The zero-order valence-electron chi connectivity index (χ0n) is 27.7. The second-order valence-corrected chi connectivity index (χ2v) is 17.7. The van der Waals surface area contributed by atoms with Crippen LogP contribution in [0.25, 0.3) is 0 Å². The predicted molar refractivity (Wildman–Crippen MR) is 164 cm³/mol. The zero-order chi connectivity index (χ0) is 30.3. The summed E-state index contributed by atoms with van der Waals surface area (Å²) in [5, 5.41) is 24.1. The maximum atomic E-state index is 14.4. The Kier molecular flexibility index (Phi) is 7.82. The number of fused-ring (bicyclic) bond motifs is 7. The molecular formula is C36H61NO4. The van der Waals surface area contributed by atoms with Crippen LogP contribution in [0.1, 0.15) is 133 Å². The van der Waals surface area contributed by atoms with Crippen LogP contribution in [-0.4, -0.2) is 34.2 Å². The highest BCUT2D eigenvalue weighted by Crippen LogP contribution is 2.77. The smallest absolute Gasteiger partial charge is 0.326 e. The average Bonchev–Trinajstić information content (AvgIpc) is 3.27. The lowest BCUT2D eigenvalue weighted by atomic mass is 9.32. The van der Waals surface area contributed by atoms with Crippen LogP contribution >= 0.6 is 0 Å². The minimum atomic E-state index is -0.905. The van der Waals surface area contributed by atoms with Gasteiger partial charge in [0.1, 0.15) is 6.04 Å². The topological polar surface area (TPSA) is 86.6 Å². The van der Waals surface area contributed by atoms with Crippen molar-refractivity contribution in [1.82, 2.24) is 5.32 Å². The molecule has 0 bridgehead atoms. The predicted octanol–water partition coefficient (Wildman–Crippen LogP) is 7.70. The second-order valence-electron chi connectivity index (χ2n) is 17.7. The molecule has 1 amide bonds. The first-order chi connectivity index (χ1) is 19.0. The van der Waals surface area contributed by atoms with Crippen LogP contribution < -0.4 is 5.32 Å². The fourth-order valence-corrected chi connectivity index (χ4v) is 12.8. The molecule has 5 heteroatoms. The SMILES string of the molecule is CC(C)C[C@H](NC(=O)[C@]12CC[C@@H](C(C)C)[C@H]1C1CC[C@@H]3[C@@]4(C)CC[C@@H](O)C(C)(C)[C@@H]4CC[C@@]3(C)[C@]1(C)CC2)C(=O)O. The standard InChI is InChI=1S/C36H61NO4/c1-21(2)20-25(30(39)40)37-31(41)36-17-12-23(22(3)4)29(36)24-10-11-27-33(7)15-14-28(38)32(5,6)26(33)13-16-35(27,9)34(24,8)18-19-36/h21-29,38H,10-20H2,1-9H3,(H,37,41)(H,39,40)/t23-,24?,25-,26-,27+,28+,29-,33-,34+,35+,36-/m0/s1. The van der Waals surface area contributed by atoms with Crippen LogP contribution in [0.3, 0.4) is 0 Å². The van der Waals surface area contributed by atoms with Gasteiger partial charge in [-0.1, -0.05) is 62.3 Å². The fourth-order valence-electron chi connectivity index (χ4n) is 12.8. The highest BCUT2D eigenvalue weighted by Gasteiger charge is 2.72. The summed E-state index contributed by atoms with van der Waals surface area (Å²) in [7, 11) is 0. The minimum Gasteiger partial charge on any atom is -0.480 e. The molecular weight excluding hydrogens is 510 g/mol. The molecule has 5 fully saturated rings. The van der Waals surface area contributed by atoms with E-state index in [0.29, 0.717) is 41.9 Å². The number of aliphatic hydroxyl groups excluding tert-OH is 1. The van der Waals surface area contributed by atoms with Gasteiger partial charge in [0.05, 0.1) is 11.5 Å². The number of carboxylic acid groups (broad SMARTS) is 1. The number of hydrogen-bond acceptors (Lipinski definition) is 3. The van der Waals surface area contributed by atoms with E-state index in [2.05, 4.69) is 53.8 Å². The third kappa shape index (κ3) is 4.39. The molecule has 234 valence electrons. The van der Waals surface area contributed by atoms with Crippen molar-refractivity contribution in [1.29, 1.82) is 0 Å². The largest absolute Gasteiger partial charge is 0.480 e. The Bertz CT molecular complexity index is 1040. The molecule has 0 aromatic carbocycles. The van der Waals surface area contributed by atoms with E-state index in [1.807, 2.05) is 13.8 Å². The zero-order valence-corrected chi connectivity index (χ0v) is 27.7. The van der Waals surface area contributed by atoms with Gasteiger partial charge < -0.3 is 15.5 Å². The summed E-state index contributed by atoms with van der Waals surface area (Å²) in [4.78, 5) is 26.5. The average molecular weight is 572 g/mol. The van der Waals surface area contributed by atoms with E-state index in [9.17, 15) is 19.8 Å². The number of aliphatic carboxylic acids is 1. The third-order valence-electron chi connectivity index (χ3n) is 15.1. The number of hydrogen-bond donors (Lipinski definition) is 3. The monoisotopic (exact) mass is 571 g/mol. The summed E-state index contributed by atoms with van der Waals surface area (Å²) in [6.07, 6.45) is 11.0. The molecule has 0 aliphatic heterocycles. The Morgan fingerprint density at radius 1 is 0.805 bits per heavy atom. The lowest BCUT2D eigenvalue weighted by molar-refractivity contribution is -0.248. The first-order valence-corrected chi connectivity index (χ1v) is 17.2. The van der Waals surface area contributed by atoms with Crippen molar-refractivity contribution in [2.24, 2.45) is 68.5 Å². The van der Waals surface area contributed by atoms with Crippen molar-refractivity contribution in [3.63, 3.8) is 0 Å². The molecule has 0 spiro atoms. The van der Waals surface area contributed by atoms with Gasteiger partial charge >= 0.3 is 5.97 Å². The van der Waals surface area contributed by atoms with Gasteiger partial charge in [-0.2, -0.15) is 0 Å². The first kappa shape index (κ1) is 31.3. The van der Waals surface area contributed by atoms with E-state index in [0.717, 1.165) is 38.5 Å². The van der Waals surface area contributed by atoms with Crippen LogP contribution in [0.4, 0.5) is 0 Å². The van der Waals surface area contributed by atoms with Gasteiger partial charge in [0.2, 0.25) is 5.91 Å². The van der Waals surface area contributed by atoms with Gasteiger partial charge in [-0.3, -0.25) is 4.79 Å². The molecule has 5 saturated carbocycles. The molecule has 1 unspecified atom stereocenters. The number of carboxylic acids is 1. The molecule has 0 saturated heterocycles. The molecule has 5 rings (SSSR count). The third-order valence-corrected chi connectivity index (χ3v) is 15.1. The molecule has 0 heterocycles. The fraction of sp³-hybridized carbons (Fsp3) is 0.944. The van der Waals surface area contributed by atoms with Crippen LogP contribution in [0.2, 0.25) is 0 Å². The van der Waals surface area contributed by atoms with Crippen molar-refractivity contribution < 1.29 is 19.8 Å². The van der Waals surface area contributed by atoms with Gasteiger partial charge in [0.15, 0.2) is 0 Å². The van der Waals surface area contributed by atoms with E-state index in [4.69, 9.17) is 0 Å². The minimum absolute atomic E-state index is 0.0340. The van der Waals surface area contributed by atoms with E-state index < -0.39 is 17.4 Å². The summed E-state index contributed by atoms with van der Waals surface area (Å²) in [5.41, 5.74) is 0.143. The Labute approximate surface area is 250 Å². The van der Waals surface area contributed by atoms with E-state index >= 15 is 0 Å². The normalized spacial score (nSPS) is 47.6. The first-order valence-electron chi connectivity index (χ1n) is 17.2. The Morgan fingerprint density at radius 2 is 1.49 bits per heavy atom. The molecule has 0 aromatic rings. The highest BCUT2D eigenvalue weighted by atomic mass is 16.4. The van der Waals surface area contributed by atoms with E-state index in [1.54, 1.807) is 0 Å². The number of rotatable bonds is 6. The van der Waals surface area contributed by atoms with E-state index in [-0.39, 0.29) is 39.6 Å². The van der Waals surface area contributed by atoms with Crippen molar-refractivity contribution in [3.05, 3.63) is 0 Å². The molecule has 5 aliphatic carbocycles. The molecule has 5 aliphatic rings. The summed E-state index contributed by atoms with van der Waals surface area (Å²) in [6, 6.07) is -0.808. The molecule has 0 radical (unpaired) electrons. The lowest BCUT2D eigenvalue weighted by Crippen LogP contribution is -2.67. The number of aliphatic hydroxyl groups is 1. The van der Waals surface area contributed by atoms with Crippen molar-refractivity contribution >= 4 is 11.9 Å². The van der Waals surface area contributed by atoms with Crippen LogP contribution in [0.15, 0.2) is 0 Å². The molecule has 0 aromatic heterocycles. The number of amides is 1. The van der Waals surface area contributed by atoms with Crippen LogP contribution in [0, 0.1) is 68.5 Å². The summed E-state index contributed by atoms with van der Waals surface area (Å²) in [6.45, 7) is 21.2. The van der Waals surface area contributed by atoms with Gasteiger partial charge in [-0.05, 0) is 134 Å². The van der Waals surface area contributed by atoms with Crippen molar-refractivity contribution in [2.45, 2.75) is 145 Å². The van der Waals surface area contributed by atoms with Gasteiger partial charge in [-0.25, -0.2) is 4.79 Å². The van der Waals surface area contributed by atoms with Crippen molar-refractivity contribution in [3.8, 4) is 0 Å².